The lowest BCUT2D eigenvalue weighted by Gasteiger charge is -2.30. The van der Waals surface area contributed by atoms with E-state index in [9.17, 15) is 18.0 Å². The Labute approximate surface area is 204 Å². The number of sulfonamides is 1. The minimum atomic E-state index is -4.02. The van der Waals surface area contributed by atoms with E-state index in [4.69, 9.17) is 0 Å². The van der Waals surface area contributed by atoms with Crippen LogP contribution in [0.5, 0.6) is 0 Å². The summed E-state index contributed by atoms with van der Waals surface area (Å²) in [6, 6.07) is 11.7. The van der Waals surface area contributed by atoms with Crippen LogP contribution in [0.25, 0.3) is 0 Å². The van der Waals surface area contributed by atoms with Gasteiger partial charge in [-0.2, -0.15) is 4.31 Å². The fourth-order valence-electron chi connectivity index (χ4n) is 4.13. The molecule has 1 N–H and O–H groups in total. The molecule has 2 amide bonds. The van der Waals surface area contributed by atoms with E-state index in [0.29, 0.717) is 30.6 Å². The average molecular weight is 497 g/mol. The number of benzene rings is 1. The van der Waals surface area contributed by atoms with Crippen molar-refractivity contribution >= 4 is 21.8 Å². The number of aromatic nitrogens is 3. The number of hydrogen-bond donors (Lipinski definition) is 1. The summed E-state index contributed by atoms with van der Waals surface area (Å²) < 4.78 is 30.3. The molecule has 4 rings (SSSR count). The maximum absolute atomic E-state index is 13.7. The Morgan fingerprint density at radius 2 is 1.80 bits per heavy atom. The lowest BCUT2D eigenvalue weighted by Crippen LogP contribution is -2.39. The number of aryl methyl sites for hydroxylation is 1. The number of hydrogen-bond acceptors (Lipinski definition) is 6. The second kappa shape index (κ2) is 10.8. The van der Waals surface area contributed by atoms with Crippen molar-refractivity contribution in [2.24, 2.45) is 7.05 Å². The summed E-state index contributed by atoms with van der Waals surface area (Å²) in [5.41, 5.74) is 1.20. The predicted molar refractivity (Wildman–Crippen MR) is 129 cm³/mol. The molecule has 3 heterocycles. The van der Waals surface area contributed by atoms with Gasteiger partial charge in [0.2, 0.25) is 5.91 Å². The first-order chi connectivity index (χ1) is 16.9. The van der Waals surface area contributed by atoms with Gasteiger partial charge in [0.15, 0.2) is 5.03 Å². The first-order valence-electron chi connectivity index (χ1n) is 11.4. The summed E-state index contributed by atoms with van der Waals surface area (Å²) >= 11 is 0. The highest BCUT2D eigenvalue weighted by molar-refractivity contribution is 7.89. The number of imidazole rings is 1. The lowest BCUT2D eigenvalue weighted by molar-refractivity contribution is -0.122. The van der Waals surface area contributed by atoms with Crippen molar-refractivity contribution in [2.45, 2.75) is 23.9 Å². The first kappa shape index (κ1) is 24.6. The Kier molecular flexibility index (Phi) is 7.57. The van der Waals surface area contributed by atoms with Gasteiger partial charge in [-0.1, -0.05) is 30.3 Å². The Hall–Kier alpha value is -3.57. The highest BCUT2D eigenvalue weighted by Crippen LogP contribution is 2.30. The molecule has 1 atom stereocenters. The molecule has 1 aliphatic heterocycles. The lowest BCUT2D eigenvalue weighted by atomic mass is 10.0. The topological polar surface area (TPSA) is 118 Å². The quantitative estimate of drug-likeness (QED) is 0.586. The summed E-state index contributed by atoms with van der Waals surface area (Å²) in [4.78, 5) is 35.6. The normalized spacial score (nSPS) is 18.5. The van der Waals surface area contributed by atoms with E-state index >= 15 is 0 Å². The molecule has 1 unspecified atom stereocenters. The molecule has 11 heteroatoms. The molecule has 1 saturated heterocycles. The van der Waals surface area contributed by atoms with Crippen molar-refractivity contribution < 1.29 is 18.0 Å². The fourth-order valence-corrected chi connectivity index (χ4v) is 5.76. The maximum Gasteiger partial charge on any atom is 0.262 e. The van der Waals surface area contributed by atoms with E-state index in [1.165, 1.54) is 16.8 Å². The molecule has 0 radical (unpaired) electrons. The fraction of sp³-hybridized carbons (Fsp3) is 0.333. The van der Waals surface area contributed by atoms with Crippen molar-refractivity contribution in [3.05, 3.63) is 78.5 Å². The van der Waals surface area contributed by atoms with E-state index in [-0.39, 0.29) is 36.4 Å². The average Bonchev–Trinajstić information content (AvgIpc) is 3.30. The minimum absolute atomic E-state index is 0.0472. The van der Waals surface area contributed by atoms with Crippen LogP contribution in [0, 0.1) is 0 Å². The number of amides is 2. The molecule has 10 nitrogen and oxygen atoms in total. The molecular formula is C24H28N6O4S. The van der Waals surface area contributed by atoms with Gasteiger partial charge in [-0.15, -0.1) is 0 Å². The molecule has 35 heavy (non-hydrogen) atoms. The van der Waals surface area contributed by atoms with Crippen LogP contribution in [-0.2, 0) is 21.9 Å². The number of nitrogens with one attached hydrogen (secondary N) is 1. The van der Waals surface area contributed by atoms with Gasteiger partial charge in [-0.05, 0) is 24.1 Å². The van der Waals surface area contributed by atoms with Crippen LogP contribution >= 0.6 is 0 Å². The van der Waals surface area contributed by atoms with Crippen LogP contribution in [0.15, 0.2) is 72.4 Å². The predicted octanol–water partition coefficient (Wildman–Crippen LogP) is 1.60. The van der Waals surface area contributed by atoms with Crippen molar-refractivity contribution in [3.63, 3.8) is 0 Å². The van der Waals surface area contributed by atoms with Crippen LogP contribution in [0.4, 0.5) is 0 Å². The second-order valence-electron chi connectivity index (χ2n) is 8.36. The van der Waals surface area contributed by atoms with E-state index < -0.39 is 16.1 Å². The van der Waals surface area contributed by atoms with E-state index in [1.54, 1.807) is 41.0 Å². The summed E-state index contributed by atoms with van der Waals surface area (Å²) in [7, 11) is -2.32. The molecule has 1 aliphatic rings. The highest BCUT2D eigenvalue weighted by atomic mass is 32.2. The molecule has 3 aromatic rings. The third kappa shape index (κ3) is 5.75. The maximum atomic E-state index is 13.7. The van der Waals surface area contributed by atoms with Gasteiger partial charge in [-0.25, -0.2) is 13.4 Å². The summed E-state index contributed by atoms with van der Waals surface area (Å²) in [6.07, 6.45) is 6.31. The van der Waals surface area contributed by atoms with Crippen LogP contribution in [0.2, 0.25) is 0 Å². The van der Waals surface area contributed by atoms with Crippen molar-refractivity contribution in [1.82, 2.24) is 29.1 Å². The minimum Gasteiger partial charge on any atom is -0.354 e. The first-order valence-corrected chi connectivity index (χ1v) is 12.8. The van der Waals surface area contributed by atoms with Crippen LogP contribution in [-0.4, -0.2) is 70.2 Å². The third-order valence-electron chi connectivity index (χ3n) is 5.89. The third-order valence-corrected chi connectivity index (χ3v) is 7.68. The van der Waals surface area contributed by atoms with Gasteiger partial charge >= 0.3 is 0 Å². The zero-order valence-electron chi connectivity index (χ0n) is 19.4. The van der Waals surface area contributed by atoms with Gasteiger partial charge in [0.25, 0.3) is 15.9 Å². The van der Waals surface area contributed by atoms with Crippen molar-refractivity contribution in [1.29, 1.82) is 0 Å². The van der Waals surface area contributed by atoms with Crippen molar-refractivity contribution in [2.75, 3.05) is 26.2 Å². The second-order valence-corrected chi connectivity index (χ2v) is 10.2. The van der Waals surface area contributed by atoms with Gasteiger partial charge in [0.05, 0.1) is 12.4 Å². The van der Waals surface area contributed by atoms with Gasteiger partial charge in [0.1, 0.15) is 0 Å². The summed E-state index contributed by atoms with van der Waals surface area (Å²) in [5, 5.41) is 2.76. The molecule has 0 bridgehead atoms. The summed E-state index contributed by atoms with van der Waals surface area (Å²) in [6.45, 7) is 1.03. The molecule has 2 aromatic heterocycles. The van der Waals surface area contributed by atoms with E-state index in [0.717, 1.165) is 0 Å². The molecule has 0 aliphatic carbocycles. The Morgan fingerprint density at radius 1 is 1.06 bits per heavy atom. The highest BCUT2D eigenvalue weighted by Gasteiger charge is 2.35. The molecule has 1 fully saturated rings. The van der Waals surface area contributed by atoms with E-state index in [1.807, 2.05) is 30.3 Å². The largest absolute Gasteiger partial charge is 0.354 e. The smallest absolute Gasteiger partial charge is 0.262 e. The van der Waals surface area contributed by atoms with Gasteiger partial charge in [-0.3, -0.25) is 14.6 Å². The number of rotatable bonds is 4. The molecule has 1 aromatic carbocycles. The standard InChI is InChI=1S/C24H28N6O4S/c1-28-17-23(27-18-28)35(33,34)30-14-5-13-29(24(32)20-8-10-25-11-9-20)15-12-26-22(31)16-21(30)19-6-3-2-4-7-19/h2-4,6-11,17-18,21H,5,12-16H2,1H3,(H,26,31). The Bertz CT molecular complexity index is 1260. The van der Waals surface area contributed by atoms with Crippen LogP contribution in [0.1, 0.15) is 34.8 Å². The number of nitrogens with zero attached hydrogens (tertiary/aromatic N) is 5. The van der Waals surface area contributed by atoms with E-state index in [2.05, 4.69) is 15.3 Å². The van der Waals surface area contributed by atoms with Gasteiger partial charge in [0, 0.05) is 63.8 Å². The SMILES string of the molecule is Cn1cnc(S(=O)(=O)N2CCCN(C(=O)c3ccncc3)CCNC(=O)CC2c2ccccc2)c1. The van der Waals surface area contributed by atoms with Gasteiger partial charge < -0.3 is 14.8 Å². The molecule has 0 saturated carbocycles. The summed E-state index contributed by atoms with van der Waals surface area (Å²) in [5.74, 6) is -0.488. The zero-order chi connectivity index (χ0) is 24.8. The number of pyridine rings is 1. The zero-order valence-corrected chi connectivity index (χ0v) is 20.3. The molecule has 0 spiro atoms. The van der Waals surface area contributed by atoms with Crippen molar-refractivity contribution in [3.8, 4) is 0 Å². The molecular weight excluding hydrogens is 468 g/mol. The van der Waals surface area contributed by atoms with Crippen LogP contribution < -0.4 is 5.32 Å². The molecule has 184 valence electrons. The number of carbonyl (C=O) groups excluding carboxylic acids is 2. The Morgan fingerprint density at radius 3 is 2.49 bits per heavy atom. The monoisotopic (exact) mass is 496 g/mol. The Balaban J connectivity index is 1.68. The number of carbonyl (C=O) groups is 2. The van der Waals surface area contributed by atoms with Crippen LogP contribution in [0.3, 0.4) is 0 Å².